The minimum atomic E-state index is 0.128. The van der Waals surface area contributed by atoms with Gasteiger partial charge < -0.3 is 0 Å². The summed E-state index contributed by atoms with van der Waals surface area (Å²) in [6.45, 7) is 0.128. The van der Waals surface area contributed by atoms with E-state index in [2.05, 4.69) is 11.8 Å². The maximum absolute atomic E-state index is 9.85. The molecule has 1 rings (SSSR count). The van der Waals surface area contributed by atoms with E-state index >= 15 is 0 Å². The second kappa shape index (κ2) is 4.96. The van der Waals surface area contributed by atoms with Gasteiger partial charge in [0.1, 0.15) is 6.54 Å². The predicted molar refractivity (Wildman–Crippen MR) is 49.4 cm³/mol. The first-order valence-corrected chi connectivity index (χ1v) is 3.78. The molecule has 0 saturated carbocycles. The molecule has 0 aromatic heterocycles. The molecule has 0 radical (unpaired) electrons. The minimum Gasteiger partial charge on any atom is -0.289 e. The van der Waals surface area contributed by atoms with E-state index < -0.39 is 0 Å². The van der Waals surface area contributed by atoms with Gasteiger partial charge in [0.25, 0.3) is 0 Å². The van der Waals surface area contributed by atoms with Gasteiger partial charge in [-0.05, 0) is 18.1 Å². The zero-order chi connectivity index (χ0) is 9.52. The highest BCUT2D eigenvalue weighted by molar-refractivity contribution is 5.72. The molecule has 0 unspecified atom stereocenters. The Labute approximate surface area is 76.6 Å². The van der Waals surface area contributed by atoms with Crippen LogP contribution in [0.3, 0.4) is 0 Å². The highest BCUT2D eigenvalue weighted by atomic mass is 16.5. The molecule has 0 amide bonds. The van der Waals surface area contributed by atoms with Gasteiger partial charge in [0.15, 0.2) is 6.29 Å². The Hall–Kier alpha value is -1.79. The van der Waals surface area contributed by atoms with Gasteiger partial charge in [-0.3, -0.25) is 10.0 Å². The molecular weight excluding hydrogens is 166 g/mol. The zero-order valence-electron chi connectivity index (χ0n) is 6.97. The van der Waals surface area contributed by atoms with Crippen molar-refractivity contribution in [2.24, 2.45) is 0 Å². The predicted octanol–water partition coefficient (Wildman–Crippen LogP) is 1.08. The maximum Gasteiger partial charge on any atom is 0.192 e. The number of rotatable bonds is 2. The highest BCUT2D eigenvalue weighted by Crippen LogP contribution is 2.09. The van der Waals surface area contributed by atoms with E-state index in [-0.39, 0.29) is 6.54 Å². The number of carbonyl (C=O) groups excluding carboxylic acids is 1. The first-order valence-electron chi connectivity index (χ1n) is 3.78. The Morgan fingerprint density at radius 1 is 1.38 bits per heavy atom. The van der Waals surface area contributed by atoms with E-state index in [1.165, 1.54) is 0 Å². The number of hydrogen-bond donors (Lipinski definition) is 1. The van der Waals surface area contributed by atoms with Crippen LogP contribution in [0, 0.1) is 11.8 Å². The third-order valence-corrected chi connectivity index (χ3v) is 1.44. The lowest BCUT2D eigenvalue weighted by molar-refractivity contribution is -0.103. The molecule has 3 nitrogen and oxygen atoms in total. The first kappa shape index (κ1) is 9.30. The molecule has 0 spiro atoms. The summed E-state index contributed by atoms with van der Waals surface area (Å²) in [6, 6.07) is 8.98. The summed E-state index contributed by atoms with van der Waals surface area (Å²) in [5, 5.41) is 10.3. The lowest BCUT2D eigenvalue weighted by Gasteiger charge is -2.12. The summed E-state index contributed by atoms with van der Waals surface area (Å²) < 4.78 is 0. The van der Waals surface area contributed by atoms with Crippen LogP contribution in [-0.4, -0.2) is 18.0 Å². The van der Waals surface area contributed by atoms with Crippen molar-refractivity contribution in [2.45, 2.75) is 0 Å². The van der Waals surface area contributed by atoms with E-state index in [4.69, 9.17) is 0 Å². The molecule has 0 atom stereocenters. The maximum atomic E-state index is 9.85. The summed E-state index contributed by atoms with van der Waals surface area (Å²) in [5.41, 5.74) is 0.655. The van der Waals surface area contributed by atoms with Crippen LogP contribution in [0.15, 0.2) is 30.3 Å². The number of aldehydes is 1. The third kappa shape index (κ3) is 2.97. The lowest BCUT2D eigenvalue weighted by Crippen LogP contribution is -2.17. The normalized spacial score (nSPS) is 8.38. The SMILES string of the molecule is O=CC#CCN(O)c1ccccc1. The number of para-hydroxylation sites is 1. The molecule has 1 aromatic carbocycles. The number of hydrogen-bond acceptors (Lipinski definition) is 3. The summed E-state index contributed by atoms with van der Waals surface area (Å²) in [6.07, 6.45) is 0.499. The Kier molecular flexibility index (Phi) is 3.55. The van der Waals surface area contributed by atoms with Gasteiger partial charge in [0.2, 0.25) is 0 Å². The van der Waals surface area contributed by atoms with Crippen LogP contribution in [-0.2, 0) is 4.79 Å². The monoisotopic (exact) mass is 175 g/mol. The van der Waals surface area contributed by atoms with E-state index in [9.17, 15) is 10.0 Å². The first-order chi connectivity index (χ1) is 6.34. The van der Waals surface area contributed by atoms with Crippen molar-refractivity contribution in [1.82, 2.24) is 0 Å². The summed E-state index contributed by atoms with van der Waals surface area (Å²) in [5.74, 6) is 4.71. The average Bonchev–Trinajstić information content (AvgIpc) is 2.19. The van der Waals surface area contributed by atoms with Crippen LogP contribution in [0.2, 0.25) is 0 Å². The summed E-state index contributed by atoms with van der Waals surface area (Å²) >= 11 is 0. The van der Waals surface area contributed by atoms with E-state index in [1.54, 1.807) is 12.1 Å². The third-order valence-electron chi connectivity index (χ3n) is 1.44. The Morgan fingerprint density at radius 2 is 2.08 bits per heavy atom. The summed E-state index contributed by atoms with van der Waals surface area (Å²) in [7, 11) is 0. The second-order valence-corrected chi connectivity index (χ2v) is 2.33. The molecule has 0 fully saturated rings. The molecular formula is C10H9NO2. The van der Waals surface area contributed by atoms with E-state index in [0.29, 0.717) is 12.0 Å². The largest absolute Gasteiger partial charge is 0.289 e. The van der Waals surface area contributed by atoms with Crippen molar-refractivity contribution >= 4 is 12.0 Å². The van der Waals surface area contributed by atoms with Crippen molar-refractivity contribution in [2.75, 3.05) is 11.6 Å². The number of anilines is 1. The zero-order valence-corrected chi connectivity index (χ0v) is 6.97. The molecule has 3 heteroatoms. The Morgan fingerprint density at radius 3 is 2.69 bits per heavy atom. The van der Waals surface area contributed by atoms with Gasteiger partial charge >= 0.3 is 0 Å². The number of benzene rings is 1. The van der Waals surface area contributed by atoms with Gasteiger partial charge in [-0.15, -0.1) is 0 Å². The molecule has 1 N–H and O–H groups in total. The minimum absolute atomic E-state index is 0.128. The quantitative estimate of drug-likeness (QED) is 0.415. The van der Waals surface area contributed by atoms with Crippen LogP contribution in [0.4, 0.5) is 5.69 Å². The molecule has 0 heterocycles. The van der Waals surface area contributed by atoms with Gasteiger partial charge in [-0.2, -0.15) is 0 Å². The lowest BCUT2D eigenvalue weighted by atomic mass is 10.3. The van der Waals surface area contributed by atoms with Crippen LogP contribution in [0.25, 0.3) is 0 Å². The number of hydroxylamine groups is 1. The fourth-order valence-electron chi connectivity index (χ4n) is 0.854. The molecule has 0 aliphatic carbocycles. The molecule has 66 valence electrons. The highest BCUT2D eigenvalue weighted by Gasteiger charge is 1.97. The van der Waals surface area contributed by atoms with Crippen molar-refractivity contribution < 1.29 is 10.0 Å². The topological polar surface area (TPSA) is 40.5 Å². The van der Waals surface area contributed by atoms with Gasteiger partial charge in [-0.25, -0.2) is 5.06 Å². The second-order valence-electron chi connectivity index (χ2n) is 2.33. The molecule has 13 heavy (non-hydrogen) atoms. The molecule has 0 saturated heterocycles. The van der Waals surface area contributed by atoms with E-state index in [0.717, 1.165) is 5.06 Å². The average molecular weight is 175 g/mol. The summed E-state index contributed by atoms with van der Waals surface area (Å²) in [4.78, 5) is 9.85. The van der Waals surface area contributed by atoms with Crippen molar-refractivity contribution in [3.8, 4) is 11.8 Å². The fourth-order valence-corrected chi connectivity index (χ4v) is 0.854. The van der Waals surface area contributed by atoms with Gasteiger partial charge in [0, 0.05) is 0 Å². The van der Waals surface area contributed by atoms with E-state index in [1.807, 2.05) is 18.2 Å². The van der Waals surface area contributed by atoms with Crippen molar-refractivity contribution in [3.63, 3.8) is 0 Å². The molecule has 0 aliphatic heterocycles. The molecule has 1 aromatic rings. The Balaban J connectivity index is 2.58. The fraction of sp³-hybridized carbons (Fsp3) is 0.100. The van der Waals surface area contributed by atoms with Crippen molar-refractivity contribution in [1.29, 1.82) is 0 Å². The van der Waals surface area contributed by atoms with Crippen LogP contribution in [0.5, 0.6) is 0 Å². The number of nitrogens with zero attached hydrogens (tertiary/aromatic N) is 1. The van der Waals surface area contributed by atoms with Gasteiger partial charge in [0.05, 0.1) is 5.69 Å². The molecule has 0 aliphatic rings. The number of carbonyl (C=O) groups is 1. The Bertz CT molecular complexity index is 324. The van der Waals surface area contributed by atoms with Crippen molar-refractivity contribution in [3.05, 3.63) is 30.3 Å². The smallest absolute Gasteiger partial charge is 0.192 e. The van der Waals surface area contributed by atoms with Crippen LogP contribution in [0.1, 0.15) is 0 Å². The van der Waals surface area contributed by atoms with Crippen LogP contribution < -0.4 is 5.06 Å². The molecule has 0 bridgehead atoms. The van der Waals surface area contributed by atoms with Gasteiger partial charge in [-0.1, -0.05) is 24.1 Å². The standard InChI is InChI=1S/C10H9NO2/c12-9-5-4-8-11(13)10-6-2-1-3-7-10/h1-3,6-7,9,13H,8H2. The van der Waals surface area contributed by atoms with Crippen LogP contribution >= 0.6 is 0 Å².